The number of nitrogens with one attached hydrogen (secondary N) is 2. The van der Waals surface area contributed by atoms with E-state index in [4.69, 9.17) is 10.3 Å². The molecule has 1 aromatic carbocycles. The van der Waals surface area contributed by atoms with Crippen LogP contribution < -0.4 is 11.1 Å². The summed E-state index contributed by atoms with van der Waals surface area (Å²) in [4.78, 5) is 18.4. The van der Waals surface area contributed by atoms with Gasteiger partial charge in [-0.1, -0.05) is 5.16 Å². The molecule has 1 amide bonds. The number of aromatic amines is 1. The summed E-state index contributed by atoms with van der Waals surface area (Å²) < 4.78 is 5.26. The van der Waals surface area contributed by atoms with E-state index in [1.165, 1.54) is 6.92 Å². The van der Waals surface area contributed by atoms with Crippen LogP contribution in [0, 0.1) is 0 Å². The van der Waals surface area contributed by atoms with Gasteiger partial charge >= 0.3 is 0 Å². The van der Waals surface area contributed by atoms with Gasteiger partial charge < -0.3 is 20.6 Å². The maximum atomic E-state index is 10.9. The van der Waals surface area contributed by atoms with Crippen molar-refractivity contribution in [2.75, 3.05) is 6.54 Å². The zero-order chi connectivity index (χ0) is 15.5. The molecule has 0 fully saturated rings. The molecule has 2 aromatic heterocycles. The van der Waals surface area contributed by atoms with Crippen LogP contribution >= 0.6 is 0 Å². The van der Waals surface area contributed by atoms with E-state index in [9.17, 15) is 4.79 Å². The Bertz CT molecular complexity index is 805. The Morgan fingerprint density at radius 3 is 3.09 bits per heavy atom. The van der Waals surface area contributed by atoms with Crippen molar-refractivity contribution in [1.82, 2.24) is 20.4 Å². The molecule has 0 aliphatic rings. The highest BCUT2D eigenvalue weighted by Gasteiger charge is 2.11. The lowest BCUT2D eigenvalue weighted by molar-refractivity contribution is -0.119. The summed E-state index contributed by atoms with van der Waals surface area (Å²) in [7, 11) is 0. The summed E-state index contributed by atoms with van der Waals surface area (Å²) in [5, 5.41) is 7.60. The molecule has 7 heteroatoms. The van der Waals surface area contributed by atoms with Crippen LogP contribution in [0.3, 0.4) is 0 Å². The van der Waals surface area contributed by atoms with Crippen LogP contribution in [0.15, 0.2) is 28.9 Å². The Morgan fingerprint density at radius 1 is 1.45 bits per heavy atom. The molecule has 114 valence electrons. The van der Waals surface area contributed by atoms with Gasteiger partial charge in [0.1, 0.15) is 0 Å². The second kappa shape index (κ2) is 5.98. The van der Waals surface area contributed by atoms with Crippen molar-refractivity contribution in [3.63, 3.8) is 0 Å². The first kappa shape index (κ1) is 14.3. The van der Waals surface area contributed by atoms with Gasteiger partial charge in [-0.25, -0.2) is 0 Å². The van der Waals surface area contributed by atoms with E-state index in [-0.39, 0.29) is 12.5 Å². The van der Waals surface area contributed by atoms with Crippen molar-refractivity contribution in [1.29, 1.82) is 0 Å². The molecule has 0 aliphatic carbocycles. The molecule has 0 aliphatic heterocycles. The minimum atomic E-state index is -0.133. The van der Waals surface area contributed by atoms with Crippen LogP contribution in [0.25, 0.3) is 22.4 Å². The van der Waals surface area contributed by atoms with Crippen molar-refractivity contribution < 1.29 is 9.32 Å². The van der Waals surface area contributed by atoms with Crippen LogP contribution in [0.1, 0.15) is 18.3 Å². The summed E-state index contributed by atoms with van der Waals surface area (Å²) in [6.45, 7) is 2.29. The Morgan fingerprint density at radius 2 is 2.32 bits per heavy atom. The minimum Gasteiger partial charge on any atom is -0.361 e. The van der Waals surface area contributed by atoms with Gasteiger partial charge in [0.25, 0.3) is 5.89 Å². The normalized spacial score (nSPS) is 11.0. The van der Waals surface area contributed by atoms with Gasteiger partial charge in [0.05, 0.1) is 6.54 Å². The third-order valence-corrected chi connectivity index (χ3v) is 3.39. The first-order valence-corrected chi connectivity index (χ1v) is 7.05. The van der Waals surface area contributed by atoms with Gasteiger partial charge in [0.2, 0.25) is 5.91 Å². The summed E-state index contributed by atoms with van der Waals surface area (Å²) >= 11 is 0. The van der Waals surface area contributed by atoms with Crippen molar-refractivity contribution in [3.05, 3.63) is 35.8 Å². The molecule has 2 heterocycles. The molecule has 4 N–H and O–H groups in total. The summed E-state index contributed by atoms with van der Waals surface area (Å²) in [6.07, 6.45) is 2.78. The van der Waals surface area contributed by atoms with E-state index < -0.39 is 0 Å². The number of hydrogen-bond acceptors (Lipinski definition) is 5. The molecular formula is C15H17N5O2. The van der Waals surface area contributed by atoms with E-state index >= 15 is 0 Å². The van der Waals surface area contributed by atoms with Gasteiger partial charge in [-0.15, -0.1) is 0 Å². The van der Waals surface area contributed by atoms with E-state index in [0.717, 1.165) is 28.5 Å². The lowest BCUT2D eigenvalue weighted by atomic mass is 10.1. The van der Waals surface area contributed by atoms with E-state index in [0.29, 0.717) is 18.3 Å². The smallest absolute Gasteiger partial charge is 0.258 e. The fourth-order valence-corrected chi connectivity index (χ4v) is 2.32. The molecule has 0 saturated heterocycles. The molecule has 0 spiro atoms. The number of H-pyrrole nitrogens is 1. The molecule has 0 radical (unpaired) electrons. The van der Waals surface area contributed by atoms with Crippen molar-refractivity contribution >= 4 is 16.8 Å². The molecular weight excluding hydrogens is 282 g/mol. The molecule has 7 nitrogen and oxygen atoms in total. The number of carbonyl (C=O) groups is 1. The van der Waals surface area contributed by atoms with Crippen LogP contribution in [0.5, 0.6) is 0 Å². The molecule has 22 heavy (non-hydrogen) atoms. The number of rotatable bonds is 5. The number of amides is 1. The Hall–Kier alpha value is -2.67. The van der Waals surface area contributed by atoms with Gasteiger partial charge in [0.15, 0.2) is 5.82 Å². The summed E-state index contributed by atoms with van der Waals surface area (Å²) in [6, 6.07) is 5.90. The number of carbonyl (C=O) groups excluding carboxylic acids is 1. The second-order valence-corrected chi connectivity index (χ2v) is 5.04. The first-order chi connectivity index (χ1) is 10.7. The van der Waals surface area contributed by atoms with Crippen LogP contribution in [-0.4, -0.2) is 27.6 Å². The molecule has 3 aromatic rings. The largest absolute Gasteiger partial charge is 0.361 e. The molecule has 0 saturated carbocycles. The number of nitrogens with two attached hydrogens (primary N) is 1. The third-order valence-electron chi connectivity index (χ3n) is 3.39. The highest BCUT2D eigenvalue weighted by molar-refractivity contribution is 5.87. The topological polar surface area (TPSA) is 110 Å². The highest BCUT2D eigenvalue weighted by atomic mass is 16.5. The SMILES string of the molecule is CC(=O)NCc1noc(-c2ccc3[nH]cc(CCN)c3c2)n1. The summed E-state index contributed by atoms with van der Waals surface area (Å²) in [5.41, 5.74) is 8.68. The highest BCUT2D eigenvalue weighted by Crippen LogP contribution is 2.25. The fraction of sp³-hybridized carbons (Fsp3) is 0.267. The van der Waals surface area contributed by atoms with Gasteiger partial charge in [-0.2, -0.15) is 4.98 Å². The maximum absolute atomic E-state index is 10.9. The monoisotopic (exact) mass is 299 g/mol. The van der Waals surface area contributed by atoms with Crippen LogP contribution in [0.2, 0.25) is 0 Å². The maximum Gasteiger partial charge on any atom is 0.258 e. The minimum absolute atomic E-state index is 0.133. The van der Waals surface area contributed by atoms with E-state index in [1.54, 1.807) is 0 Å². The number of aromatic nitrogens is 3. The Balaban J connectivity index is 1.89. The van der Waals surface area contributed by atoms with Crippen LogP contribution in [0.4, 0.5) is 0 Å². The summed E-state index contributed by atoms with van der Waals surface area (Å²) in [5.74, 6) is 0.746. The zero-order valence-electron chi connectivity index (χ0n) is 12.2. The third kappa shape index (κ3) is 2.84. The van der Waals surface area contributed by atoms with Gasteiger partial charge in [-0.05, 0) is 36.7 Å². The quantitative estimate of drug-likeness (QED) is 0.659. The fourth-order valence-electron chi connectivity index (χ4n) is 2.32. The number of benzene rings is 1. The average molecular weight is 299 g/mol. The Labute approximate surface area is 126 Å². The van der Waals surface area contributed by atoms with Gasteiger partial charge in [-0.3, -0.25) is 4.79 Å². The van der Waals surface area contributed by atoms with Crippen molar-refractivity contribution in [3.8, 4) is 11.5 Å². The lowest BCUT2D eigenvalue weighted by Gasteiger charge is -1.98. The average Bonchev–Trinajstić information content (AvgIpc) is 3.12. The van der Waals surface area contributed by atoms with Gasteiger partial charge in [0, 0.05) is 29.6 Å². The van der Waals surface area contributed by atoms with Crippen molar-refractivity contribution in [2.24, 2.45) is 5.73 Å². The molecule has 3 rings (SSSR count). The predicted octanol–water partition coefficient (Wildman–Crippen LogP) is 1.36. The number of fused-ring (bicyclic) bond motifs is 1. The lowest BCUT2D eigenvalue weighted by Crippen LogP contribution is -2.19. The Kier molecular flexibility index (Phi) is 3.88. The van der Waals surface area contributed by atoms with E-state index in [1.807, 2.05) is 24.4 Å². The predicted molar refractivity (Wildman–Crippen MR) is 81.9 cm³/mol. The number of hydrogen-bond donors (Lipinski definition) is 3. The van der Waals surface area contributed by atoms with Crippen molar-refractivity contribution in [2.45, 2.75) is 19.9 Å². The zero-order valence-corrected chi connectivity index (χ0v) is 12.2. The van der Waals surface area contributed by atoms with E-state index in [2.05, 4.69) is 20.4 Å². The number of nitrogens with zero attached hydrogens (tertiary/aromatic N) is 2. The van der Waals surface area contributed by atoms with Crippen LogP contribution in [-0.2, 0) is 17.8 Å². The first-order valence-electron chi connectivity index (χ1n) is 7.05. The second-order valence-electron chi connectivity index (χ2n) is 5.04. The molecule has 0 unspecified atom stereocenters. The molecule has 0 atom stereocenters. The molecule has 0 bridgehead atoms. The standard InChI is InChI=1S/C15H17N5O2/c1-9(21)17-8-14-19-15(22-20-14)10-2-3-13-12(6-10)11(4-5-16)7-18-13/h2-3,6-7,18H,4-5,8,16H2,1H3,(H,17,21).